The molecule has 1 aromatic heterocycles. The summed E-state index contributed by atoms with van der Waals surface area (Å²) in [5, 5.41) is 11.3. The second-order valence-electron chi connectivity index (χ2n) is 7.02. The van der Waals surface area contributed by atoms with Gasteiger partial charge in [0, 0.05) is 18.1 Å². The molecule has 13 heteroatoms. The lowest BCUT2D eigenvalue weighted by atomic mass is 10.1. The molecule has 0 bridgehead atoms. The molecule has 0 atom stereocenters. The number of nitrogens with one attached hydrogen (secondary N) is 1. The Kier molecular flexibility index (Phi) is 6.48. The molecule has 0 saturated carbocycles. The zero-order valence-electron chi connectivity index (χ0n) is 16.5. The zero-order valence-corrected chi connectivity index (χ0v) is 17.4. The Balaban J connectivity index is 0.000000383. The van der Waals surface area contributed by atoms with Crippen LogP contribution in [0.5, 0.6) is 0 Å². The molecule has 33 heavy (non-hydrogen) atoms. The van der Waals surface area contributed by atoms with E-state index in [9.17, 15) is 34.8 Å². The second kappa shape index (κ2) is 8.71. The van der Waals surface area contributed by atoms with Crippen LogP contribution in [0.25, 0.3) is 10.9 Å². The van der Waals surface area contributed by atoms with Crippen molar-refractivity contribution in [2.45, 2.75) is 30.2 Å². The molecule has 2 heterocycles. The number of hydrogen-bond donors (Lipinski definition) is 2. The Morgan fingerprint density at radius 2 is 1.58 bits per heavy atom. The number of carboxylic acid groups (broad SMARTS) is 1. The summed E-state index contributed by atoms with van der Waals surface area (Å²) < 4.78 is 97.1. The Bertz CT molecular complexity index is 1280. The molecule has 3 aromatic rings. The van der Waals surface area contributed by atoms with Crippen LogP contribution < -0.4 is 5.32 Å². The molecule has 0 amide bonds. The van der Waals surface area contributed by atoms with Gasteiger partial charge in [-0.3, -0.25) is 0 Å². The zero-order chi connectivity index (χ0) is 24.6. The van der Waals surface area contributed by atoms with Crippen molar-refractivity contribution in [1.82, 2.24) is 9.29 Å². The van der Waals surface area contributed by atoms with Crippen LogP contribution in [0.15, 0.2) is 53.6 Å². The van der Waals surface area contributed by atoms with E-state index in [1.807, 2.05) is 6.07 Å². The fourth-order valence-corrected chi connectivity index (χ4v) is 4.71. The Morgan fingerprint density at radius 3 is 2.12 bits per heavy atom. The first kappa shape index (κ1) is 24.6. The Morgan fingerprint density at radius 1 is 0.970 bits per heavy atom. The number of aromatic nitrogens is 1. The largest absolute Gasteiger partial charge is 0.490 e. The van der Waals surface area contributed by atoms with E-state index in [4.69, 9.17) is 9.90 Å². The first-order valence-electron chi connectivity index (χ1n) is 9.28. The molecule has 1 aliphatic rings. The molecule has 4 rings (SSSR count). The van der Waals surface area contributed by atoms with Crippen molar-refractivity contribution < 1.29 is 44.7 Å². The van der Waals surface area contributed by atoms with E-state index in [0.717, 1.165) is 47.3 Å². The van der Waals surface area contributed by atoms with E-state index < -0.39 is 33.9 Å². The number of aliphatic carboxylic acids is 1. The molecule has 2 aromatic carbocycles. The van der Waals surface area contributed by atoms with Crippen LogP contribution in [0.4, 0.5) is 26.3 Å². The molecule has 0 saturated heterocycles. The summed E-state index contributed by atoms with van der Waals surface area (Å²) in [4.78, 5) is 8.72. The number of alkyl halides is 6. The van der Waals surface area contributed by atoms with Crippen molar-refractivity contribution in [3.63, 3.8) is 0 Å². The van der Waals surface area contributed by atoms with Crippen molar-refractivity contribution in [3.05, 3.63) is 65.4 Å². The molecular formula is C20H16F6N2O4S. The molecular weight excluding hydrogens is 478 g/mol. The van der Waals surface area contributed by atoms with E-state index in [1.165, 1.54) is 3.97 Å². The highest BCUT2D eigenvalue weighted by Crippen LogP contribution is 2.32. The lowest BCUT2D eigenvalue weighted by Gasteiger charge is -2.11. The average Bonchev–Trinajstić information content (AvgIpc) is 2.98. The van der Waals surface area contributed by atoms with Crippen LogP contribution in [-0.4, -0.2) is 36.2 Å². The normalized spacial score (nSPS) is 14.4. The summed E-state index contributed by atoms with van der Waals surface area (Å²) in [5.41, 5.74) is 1.59. The van der Waals surface area contributed by atoms with Crippen LogP contribution in [0.3, 0.4) is 0 Å². The van der Waals surface area contributed by atoms with Gasteiger partial charge in [-0.05, 0) is 54.4 Å². The highest BCUT2D eigenvalue weighted by atomic mass is 32.2. The first-order chi connectivity index (χ1) is 15.2. The lowest BCUT2D eigenvalue weighted by molar-refractivity contribution is -0.192. The second-order valence-corrected chi connectivity index (χ2v) is 8.83. The van der Waals surface area contributed by atoms with Gasteiger partial charge in [-0.1, -0.05) is 12.1 Å². The van der Waals surface area contributed by atoms with Gasteiger partial charge in [0.1, 0.15) is 0 Å². The first-order valence-corrected chi connectivity index (χ1v) is 10.7. The maximum Gasteiger partial charge on any atom is 0.490 e. The summed E-state index contributed by atoms with van der Waals surface area (Å²) >= 11 is 0. The summed E-state index contributed by atoms with van der Waals surface area (Å²) in [5.74, 6) is -2.76. The molecule has 1 aliphatic heterocycles. The van der Waals surface area contributed by atoms with E-state index in [2.05, 4.69) is 5.32 Å². The van der Waals surface area contributed by atoms with Crippen LogP contribution in [0, 0.1) is 0 Å². The van der Waals surface area contributed by atoms with Crippen molar-refractivity contribution in [3.8, 4) is 0 Å². The van der Waals surface area contributed by atoms with E-state index in [0.29, 0.717) is 18.5 Å². The van der Waals surface area contributed by atoms with Gasteiger partial charge >= 0.3 is 18.3 Å². The monoisotopic (exact) mass is 494 g/mol. The van der Waals surface area contributed by atoms with Gasteiger partial charge in [0.2, 0.25) is 0 Å². The number of rotatable bonds is 2. The van der Waals surface area contributed by atoms with E-state index >= 15 is 0 Å². The van der Waals surface area contributed by atoms with Crippen LogP contribution >= 0.6 is 0 Å². The topological polar surface area (TPSA) is 88.4 Å². The molecule has 2 N–H and O–H groups in total. The Hall–Kier alpha value is -3.06. The van der Waals surface area contributed by atoms with Gasteiger partial charge in [-0.25, -0.2) is 17.2 Å². The van der Waals surface area contributed by atoms with E-state index in [1.54, 1.807) is 18.3 Å². The van der Waals surface area contributed by atoms with Crippen LogP contribution in [0.1, 0.15) is 16.7 Å². The molecule has 0 aliphatic carbocycles. The highest BCUT2D eigenvalue weighted by molar-refractivity contribution is 7.90. The standard InChI is InChI=1S/C18H15F3N2O2S.C2HF3O2/c19-18(20,21)14-4-6-15(7-5-14)26(24,25)23-11-13-8-9-22-10-12-2-1-3-16(23)17(12)13;3-2(4,5)1(6)7/h1-7,11,22H,8-10H2;(H,6,7). The smallest absolute Gasteiger partial charge is 0.475 e. The summed E-state index contributed by atoms with van der Waals surface area (Å²) in [7, 11) is -3.99. The molecule has 0 radical (unpaired) electrons. The minimum Gasteiger partial charge on any atom is -0.475 e. The highest BCUT2D eigenvalue weighted by Gasteiger charge is 2.38. The van der Waals surface area contributed by atoms with Gasteiger partial charge in [0.15, 0.2) is 0 Å². The van der Waals surface area contributed by atoms with Crippen molar-refractivity contribution in [2.75, 3.05) is 6.54 Å². The third-order valence-corrected chi connectivity index (χ3v) is 6.52. The Labute approximate surface area is 183 Å². The number of nitrogens with zero attached hydrogens (tertiary/aromatic N) is 1. The predicted octanol–water partition coefficient (Wildman–Crippen LogP) is 4.18. The molecule has 178 valence electrons. The van der Waals surface area contributed by atoms with Gasteiger partial charge in [-0.2, -0.15) is 26.3 Å². The van der Waals surface area contributed by atoms with Crippen molar-refractivity contribution >= 4 is 26.9 Å². The summed E-state index contributed by atoms with van der Waals surface area (Å²) in [6.07, 6.45) is -7.33. The third kappa shape index (κ3) is 5.14. The summed E-state index contributed by atoms with van der Waals surface area (Å²) in [6.45, 7) is 1.38. The van der Waals surface area contributed by atoms with Gasteiger partial charge in [0.05, 0.1) is 16.0 Å². The average molecular weight is 494 g/mol. The number of hydrogen-bond acceptors (Lipinski definition) is 4. The lowest BCUT2D eigenvalue weighted by Crippen LogP contribution is -2.21. The van der Waals surface area contributed by atoms with Crippen LogP contribution in [0.2, 0.25) is 0 Å². The number of carbonyl (C=O) groups is 1. The van der Waals surface area contributed by atoms with Gasteiger partial charge in [0.25, 0.3) is 10.0 Å². The molecule has 0 unspecified atom stereocenters. The molecule has 0 spiro atoms. The number of carboxylic acids is 1. The van der Waals surface area contributed by atoms with Crippen molar-refractivity contribution in [1.29, 1.82) is 0 Å². The predicted molar refractivity (Wildman–Crippen MR) is 105 cm³/mol. The fourth-order valence-electron chi connectivity index (χ4n) is 3.33. The summed E-state index contributed by atoms with van der Waals surface area (Å²) in [6, 6.07) is 9.03. The molecule has 6 nitrogen and oxygen atoms in total. The van der Waals surface area contributed by atoms with Gasteiger partial charge < -0.3 is 10.4 Å². The number of halogens is 6. The maximum absolute atomic E-state index is 13.0. The van der Waals surface area contributed by atoms with Crippen molar-refractivity contribution in [2.24, 2.45) is 0 Å². The number of benzene rings is 2. The maximum atomic E-state index is 13.0. The van der Waals surface area contributed by atoms with E-state index in [-0.39, 0.29) is 4.90 Å². The minimum atomic E-state index is -5.08. The van der Waals surface area contributed by atoms with Crippen LogP contribution in [-0.2, 0) is 34.0 Å². The quantitative estimate of drug-likeness (QED) is 0.522. The SMILES string of the molecule is O=C(O)C(F)(F)F.O=S(=O)(c1ccc(C(F)(F)F)cc1)n1cc2c3c(cccc31)CNCC2. The van der Waals surface area contributed by atoms with Gasteiger partial charge in [-0.15, -0.1) is 0 Å². The third-order valence-electron chi connectivity index (χ3n) is 4.83. The minimum absolute atomic E-state index is 0.172. The fraction of sp³-hybridized carbons (Fsp3) is 0.250. The molecule has 0 fully saturated rings.